The number of rotatable bonds is 7. The summed E-state index contributed by atoms with van der Waals surface area (Å²) in [6.07, 6.45) is 3.38. The lowest BCUT2D eigenvalue weighted by Gasteiger charge is -2.04. The first-order valence-electron chi connectivity index (χ1n) is 5.38. The molecule has 0 fully saturated rings. The summed E-state index contributed by atoms with van der Waals surface area (Å²) in [4.78, 5) is 11.8. The highest BCUT2D eigenvalue weighted by Crippen LogP contribution is 2.20. The van der Waals surface area contributed by atoms with E-state index in [0.29, 0.717) is 11.5 Å². The Kier molecular flexibility index (Phi) is 6.40. The quantitative estimate of drug-likeness (QED) is 0.323. The van der Waals surface area contributed by atoms with Gasteiger partial charge in [0, 0.05) is 4.90 Å². The molecule has 92 valence electrons. The molecule has 0 aliphatic carbocycles. The molecule has 2 nitrogen and oxygen atoms in total. The molecule has 0 spiro atoms. The van der Waals surface area contributed by atoms with Crippen molar-refractivity contribution in [3.05, 3.63) is 42.7 Å². The Labute approximate surface area is 105 Å². The molecule has 4 heteroatoms. The molecule has 0 aliphatic heterocycles. The third-order valence-electron chi connectivity index (χ3n) is 2.00. The van der Waals surface area contributed by atoms with Crippen molar-refractivity contribution >= 4 is 17.7 Å². The van der Waals surface area contributed by atoms with Crippen LogP contribution in [0.2, 0.25) is 0 Å². The first kappa shape index (κ1) is 13.8. The Balaban J connectivity index is 2.24. The number of hydrogen-bond donors (Lipinski definition) is 0. The summed E-state index contributed by atoms with van der Waals surface area (Å²) in [7, 11) is 0. The van der Waals surface area contributed by atoms with Gasteiger partial charge in [-0.25, -0.2) is 4.39 Å². The van der Waals surface area contributed by atoms with E-state index in [2.05, 4.69) is 6.58 Å². The zero-order chi connectivity index (χ0) is 12.5. The first-order chi connectivity index (χ1) is 8.24. The fourth-order valence-electron chi connectivity index (χ4n) is 1.15. The lowest BCUT2D eigenvalue weighted by Crippen LogP contribution is -2.08. The van der Waals surface area contributed by atoms with Crippen LogP contribution in [0, 0.1) is 5.82 Å². The highest BCUT2D eigenvalue weighted by molar-refractivity contribution is 8.00. The van der Waals surface area contributed by atoms with E-state index in [-0.39, 0.29) is 17.5 Å². The van der Waals surface area contributed by atoms with Crippen molar-refractivity contribution in [1.82, 2.24) is 0 Å². The summed E-state index contributed by atoms with van der Waals surface area (Å²) in [5, 5.41) is 0. The molecule has 0 heterocycles. The number of benzene rings is 1. The normalized spacial score (nSPS) is 9.94. The second-order valence-corrected chi connectivity index (χ2v) is 4.39. The molecular formula is C13H15FO2S. The van der Waals surface area contributed by atoms with Crippen molar-refractivity contribution in [2.45, 2.75) is 17.7 Å². The molecule has 0 atom stereocenters. The maximum Gasteiger partial charge on any atom is 0.316 e. The number of thioether (sulfide) groups is 1. The molecule has 1 aromatic rings. The molecule has 1 rings (SSSR count). The molecule has 1 aromatic carbocycles. The van der Waals surface area contributed by atoms with Crippen LogP contribution in [0.1, 0.15) is 12.8 Å². The SMILES string of the molecule is C=CCCCOC(=O)CSc1ccccc1F. The predicted octanol–water partition coefficient (Wildman–Crippen LogP) is 3.43. The van der Waals surface area contributed by atoms with E-state index in [1.54, 1.807) is 24.3 Å². The third-order valence-corrected chi connectivity index (χ3v) is 3.02. The number of ether oxygens (including phenoxy) is 1. The number of carbonyl (C=O) groups excluding carboxylic acids is 1. The van der Waals surface area contributed by atoms with Crippen LogP contribution in [0.3, 0.4) is 0 Å². The number of unbranched alkanes of at least 4 members (excludes halogenated alkanes) is 1. The van der Waals surface area contributed by atoms with Gasteiger partial charge in [-0.05, 0) is 25.0 Å². The standard InChI is InChI=1S/C13H15FO2S/c1-2-3-6-9-16-13(15)10-17-12-8-5-4-7-11(12)14/h2,4-5,7-8H,1,3,6,9-10H2. The van der Waals surface area contributed by atoms with E-state index in [1.165, 1.54) is 6.07 Å². The minimum Gasteiger partial charge on any atom is -0.465 e. The van der Waals surface area contributed by atoms with Crippen molar-refractivity contribution in [2.75, 3.05) is 12.4 Å². The maximum absolute atomic E-state index is 13.2. The van der Waals surface area contributed by atoms with Crippen molar-refractivity contribution in [3.8, 4) is 0 Å². The van der Waals surface area contributed by atoms with Gasteiger partial charge in [-0.15, -0.1) is 18.3 Å². The highest BCUT2D eigenvalue weighted by Gasteiger charge is 2.06. The Hall–Kier alpha value is -1.29. The molecule has 0 radical (unpaired) electrons. The van der Waals surface area contributed by atoms with Gasteiger partial charge >= 0.3 is 5.97 Å². The molecule has 0 saturated heterocycles. The average molecular weight is 254 g/mol. The lowest BCUT2D eigenvalue weighted by molar-refractivity contribution is -0.140. The van der Waals surface area contributed by atoms with Crippen LogP contribution >= 0.6 is 11.8 Å². The van der Waals surface area contributed by atoms with Crippen LogP contribution in [-0.4, -0.2) is 18.3 Å². The predicted molar refractivity (Wildman–Crippen MR) is 67.5 cm³/mol. The Morgan fingerprint density at radius 2 is 2.24 bits per heavy atom. The van der Waals surface area contributed by atoms with Gasteiger partial charge in [-0.2, -0.15) is 0 Å². The van der Waals surface area contributed by atoms with Crippen LogP contribution in [0.25, 0.3) is 0 Å². The third kappa shape index (κ3) is 5.54. The monoisotopic (exact) mass is 254 g/mol. The number of esters is 1. The molecule has 0 N–H and O–H groups in total. The summed E-state index contributed by atoms with van der Waals surface area (Å²) >= 11 is 1.15. The van der Waals surface area contributed by atoms with Crippen molar-refractivity contribution in [2.24, 2.45) is 0 Å². The second-order valence-electron chi connectivity index (χ2n) is 3.37. The van der Waals surface area contributed by atoms with Gasteiger partial charge in [-0.1, -0.05) is 18.2 Å². The number of carbonyl (C=O) groups is 1. The topological polar surface area (TPSA) is 26.3 Å². The van der Waals surface area contributed by atoms with Crippen LogP contribution in [0.15, 0.2) is 41.8 Å². The van der Waals surface area contributed by atoms with E-state index in [9.17, 15) is 9.18 Å². The second kappa shape index (κ2) is 7.90. The molecule has 0 unspecified atom stereocenters. The fourth-order valence-corrected chi connectivity index (χ4v) is 1.89. The van der Waals surface area contributed by atoms with E-state index in [1.807, 2.05) is 0 Å². The summed E-state index contributed by atoms with van der Waals surface area (Å²) in [5.41, 5.74) is 0. The molecule has 0 aromatic heterocycles. The van der Waals surface area contributed by atoms with Gasteiger partial charge in [-0.3, -0.25) is 4.79 Å². The summed E-state index contributed by atoms with van der Waals surface area (Å²) < 4.78 is 18.2. The van der Waals surface area contributed by atoms with Crippen LogP contribution < -0.4 is 0 Å². The maximum atomic E-state index is 13.2. The Morgan fingerprint density at radius 3 is 2.94 bits per heavy atom. The van der Waals surface area contributed by atoms with Crippen molar-refractivity contribution < 1.29 is 13.9 Å². The highest BCUT2D eigenvalue weighted by atomic mass is 32.2. The average Bonchev–Trinajstić information content (AvgIpc) is 2.34. The summed E-state index contributed by atoms with van der Waals surface area (Å²) in [6.45, 7) is 3.97. The van der Waals surface area contributed by atoms with E-state index >= 15 is 0 Å². The smallest absolute Gasteiger partial charge is 0.316 e. The largest absolute Gasteiger partial charge is 0.465 e. The number of halogens is 1. The molecular weight excluding hydrogens is 239 g/mol. The number of hydrogen-bond acceptors (Lipinski definition) is 3. The van der Waals surface area contributed by atoms with Gasteiger partial charge in [0.1, 0.15) is 5.82 Å². The number of allylic oxidation sites excluding steroid dienone is 1. The molecule has 17 heavy (non-hydrogen) atoms. The van der Waals surface area contributed by atoms with Gasteiger partial charge < -0.3 is 4.74 Å². The van der Waals surface area contributed by atoms with E-state index in [4.69, 9.17) is 4.74 Å². The van der Waals surface area contributed by atoms with Crippen molar-refractivity contribution in [3.63, 3.8) is 0 Å². The molecule has 0 bridgehead atoms. The van der Waals surface area contributed by atoms with Crippen LogP contribution in [0.4, 0.5) is 4.39 Å². The summed E-state index contributed by atoms with van der Waals surface area (Å²) in [5.74, 6) is -0.492. The van der Waals surface area contributed by atoms with Gasteiger partial charge in [0.15, 0.2) is 0 Å². The minimum atomic E-state index is -0.317. The van der Waals surface area contributed by atoms with Gasteiger partial charge in [0.05, 0.1) is 12.4 Å². The van der Waals surface area contributed by atoms with Crippen molar-refractivity contribution in [1.29, 1.82) is 0 Å². The first-order valence-corrected chi connectivity index (χ1v) is 6.36. The Morgan fingerprint density at radius 1 is 1.47 bits per heavy atom. The zero-order valence-electron chi connectivity index (χ0n) is 9.52. The van der Waals surface area contributed by atoms with E-state index in [0.717, 1.165) is 24.6 Å². The van der Waals surface area contributed by atoms with Gasteiger partial charge in [0.25, 0.3) is 0 Å². The summed E-state index contributed by atoms with van der Waals surface area (Å²) in [6, 6.07) is 6.37. The van der Waals surface area contributed by atoms with Gasteiger partial charge in [0.2, 0.25) is 0 Å². The van der Waals surface area contributed by atoms with E-state index < -0.39 is 0 Å². The minimum absolute atomic E-state index is 0.134. The molecule has 0 saturated carbocycles. The molecule has 0 aliphatic rings. The Bertz CT molecular complexity index is 379. The lowest BCUT2D eigenvalue weighted by atomic mass is 10.3. The van der Waals surface area contributed by atoms with Crippen LogP contribution in [-0.2, 0) is 9.53 Å². The fraction of sp³-hybridized carbons (Fsp3) is 0.308. The zero-order valence-corrected chi connectivity index (χ0v) is 10.3. The van der Waals surface area contributed by atoms with Crippen LogP contribution in [0.5, 0.6) is 0 Å². The molecule has 0 amide bonds.